The lowest BCUT2D eigenvalue weighted by molar-refractivity contribution is -0.157. The molecule has 4 saturated heterocycles. The Hall–Kier alpha value is -2.27. The Balaban J connectivity index is 1.73. The Kier molecular flexibility index (Phi) is 8.90. The quantitative estimate of drug-likeness (QED) is 0.361. The number of fused-ring (bicyclic) bond motifs is 1. The summed E-state index contributed by atoms with van der Waals surface area (Å²) in [7, 11) is 1.70. The summed E-state index contributed by atoms with van der Waals surface area (Å²) in [4.78, 5) is 49.8. The van der Waals surface area contributed by atoms with E-state index in [9.17, 15) is 19.5 Å². The van der Waals surface area contributed by atoms with Crippen LogP contribution in [0.2, 0.25) is 0 Å². The molecule has 4 fully saturated rings. The monoisotopic (exact) mass is 546 g/mol. The van der Waals surface area contributed by atoms with Crippen molar-refractivity contribution in [1.82, 2.24) is 19.6 Å². The molecule has 4 aliphatic heterocycles. The van der Waals surface area contributed by atoms with Crippen molar-refractivity contribution in [2.45, 2.75) is 56.9 Å². The van der Waals surface area contributed by atoms with Gasteiger partial charge in [0.25, 0.3) is 0 Å². The van der Waals surface area contributed by atoms with E-state index < -0.39 is 35.1 Å². The normalized spacial score (nSPS) is 32.8. The van der Waals surface area contributed by atoms with Gasteiger partial charge in [0.05, 0.1) is 43.3 Å². The Bertz CT molecular complexity index is 967. The summed E-state index contributed by atoms with van der Waals surface area (Å²) in [6.07, 6.45) is 4.43. The topological polar surface area (TPSA) is 103 Å². The van der Waals surface area contributed by atoms with Crippen LogP contribution in [0.15, 0.2) is 25.3 Å². The standard InChI is InChI=1S/C29H46N4O6/c1-7-11-30(6)25(35)22-23-26(36)33(21(19-34)20(3)4)24(29(23)10-9-28(22,5)39-29)27(37)32(12-8-2)14-13-31-15-17-38-18-16-31/h7-8,20-24,34H,1-2,9-19H2,3-6H3/t21-,22-,23-,24?,28+,29?/m0/s1. The number of nitrogens with zero attached hydrogens (tertiary/aromatic N) is 4. The van der Waals surface area contributed by atoms with Gasteiger partial charge in [0.2, 0.25) is 17.7 Å². The van der Waals surface area contributed by atoms with Gasteiger partial charge in [0.15, 0.2) is 0 Å². The van der Waals surface area contributed by atoms with E-state index in [1.807, 2.05) is 20.8 Å². The lowest BCUT2D eigenvalue weighted by Gasteiger charge is -2.41. The second-order valence-corrected chi connectivity index (χ2v) is 12.0. The summed E-state index contributed by atoms with van der Waals surface area (Å²) in [6, 6.07) is -1.50. The van der Waals surface area contributed by atoms with Gasteiger partial charge in [-0.2, -0.15) is 0 Å². The number of carbonyl (C=O) groups is 3. The van der Waals surface area contributed by atoms with Crippen LogP contribution in [0.3, 0.4) is 0 Å². The van der Waals surface area contributed by atoms with E-state index in [4.69, 9.17) is 9.47 Å². The minimum absolute atomic E-state index is 0.101. The average Bonchev–Trinajstić information content (AvgIpc) is 3.48. The molecule has 0 aromatic heterocycles. The van der Waals surface area contributed by atoms with Gasteiger partial charge in [-0.3, -0.25) is 19.3 Å². The van der Waals surface area contributed by atoms with Crippen LogP contribution in [0.4, 0.5) is 0 Å². The second kappa shape index (κ2) is 11.7. The molecule has 39 heavy (non-hydrogen) atoms. The van der Waals surface area contributed by atoms with Crippen molar-refractivity contribution >= 4 is 17.7 Å². The summed E-state index contributed by atoms with van der Waals surface area (Å²) in [6.45, 7) is 17.9. The van der Waals surface area contributed by atoms with Crippen LogP contribution >= 0.6 is 0 Å². The van der Waals surface area contributed by atoms with Gasteiger partial charge in [-0.15, -0.1) is 13.2 Å². The molecule has 0 aromatic rings. The Labute approximate surface area is 232 Å². The van der Waals surface area contributed by atoms with Crippen LogP contribution in [0.1, 0.15) is 33.6 Å². The molecule has 1 N–H and O–H groups in total. The molecule has 2 unspecified atom stereocenters. The fraction of sp³-hybridized carbons (Fsp3) is 0.759. The molecular weight excluding hydrogens is 500 g/mol. The molecule has 1 spiro atoms. The van der Waals surface area contributed by atoms with Crippen molar-refractivity contribution in [1.29, 1.82) is 0 Å². The molecule has 0 radical (unpaired) electrons. The second-order valence-electron chi connectivity index (χ2n) is 12.0. The van der Waals surface area contributed by atoms with Crippen LogP contribution in [0.5, 0.6) is 0 Å². The molecular formula is C29H46N4O6. The van der Waals surface area contributed by atoms with Crippen LogP contribution in [-0.4, -0.2) is 132 Å². The van der Waals surface area contributed by atoms with Crippen LogP contribution in [0.25, 0.3) is 0 Å². The number of amides is 3. The Morgan fingerprint density at radius 3 is 2.41 bits per heavy atom. The predicted octanol–water partition coefficient (Wildman–Crippen LogP) is 0.759. The fourth-order valence-corrected chi connectivity index (χ4v) is 7.22. The molecule has 0 saturated carbocycles. The van der Waals surface area contributed by atoms with E-state index in [0.717, 1.165) is 13.1 Å². The zero-order valence-electron chi connectivity index (χ0n) is 24.0. The van der Waals surface area contributed by atoms with Crippen molar-refractivity contribution in [3.63, 3.8) is 0 Å². The maximum absolute atomic E-state index is 14.5. The van der Waals surface area contributed by atoms with E-state index >= 15 is 0 Å². The molecule has 0 aromatic carbocycles. The molecule has 3 amide bonds. The zero-order valence-corrected chi connectivity index (χ0v) is 24.0. The number of rotatable bonds is 12. The molecule has 6 atom stereocenters. The van der Waals surface area contributed by atoms with Gasteiger partial charge in [0.1, 0.15) is 11.6 Å². The smallest absolute Gasteiger partial charge is 0.248 e. The minimum atomic E-state index is -1.13. The number of likely N-dealkylation sites (N-methyl/N-ethyl adjacent to an activating group) is 1. The van der Waals surface area contributed by atoms with E-state index in [-0.39, 0.29) is 30.2 Å². The SMILES string of the molecule is C=CCN(C)C(=O)[C@@H]1[C@H]2C(=O)N([C@@H](CO)C(C)C)C(C(=O)N(CC=C)CCN3CCOCC3)C23CC[C@@]1(C)O3. The number of hydrogen-bond donors (Lipinski definition) is 1. The highest BCUT2D eigenvalue weighted by atomic mass is 16.5. The lowest BCUT2D eigenvalue weighted by Crippen LogP contribution is -2.60. The van der Waals surface area contributed by atoms with Crippen molar-refractivity contribution in [2.24, 2.45) is 17.8 Å². The highest BCUT2D eigenvalue weighted by Crippen LogP contribution is 2.64. The van der Waals surface area contributed by atoms with Gasteiger partial charge in [-0.05, 0) is 25.7 Å². The zero-order chi connectivity index (χ0) is 28.5. The van der Waals surface area contributed by atoms with E-state index in [2.05, 4.69) is 18.1 Å². The number of likely N-dealkylation sites (tertiary alicyclic amines) is 1. The molecule has 4 heterocycles. The van der Waals surface area contributed by atoms with E-state index in [0.29, 0.717) is 52.2 Å². The summed E-state index contributed by atoms with van der Waals surface area (Å²) in [5.41, 5.74) is -1.97. The number of carbonyl (C=O) groups excluding carboxylic acids is 3. The first kappa shape index (κ1) is 29.7. The number of morpholine rings is 1. The summed E-state index contributed by atoms with van der Waals surface area (Å²) in [5, 5.41) is 10.4. The van der Waals surface area contributed by atoms with Crippen molar-refractivity contribution in [3.05, 3.63) is 25.3 Å². The third kappa shape index (κ3) is 5.05. The maximum atomic E-state index is 14.5. The van der Waals surface area contributed by atoms with Gasteiger partial charge in [-0.25, -0.2) is 0 Å². The van der Waals surface area contributed by atoms with Crippen molar-refractivity contribution < 1.29 is 29.0 Å². The first-order valence-electron chi connectivity index (χ1n) is 14.2. The van der Waals surface area contributed by atoms with E-state index in [1.54, 1.807) is 33.9 Å². The van der Waals surface area contributed by atoms with Gasteiger partial charge in [-0.1, -0.05) is 26.0 Å². The van der Waals surface area contributed by atoms with Crippen LogP contribution in [-0.2, 0) is 23.9 Å². The summed E-state index contributed by atoms with van der Waals surface area (Å²) in [5.74, 6) is -2.27. The fourth-order valence-electron chi connectivity index (χ4n) is 7.22. The average molecular weight is 547 g/mol. The van der Waals surface area contributed by atoms with Crippen LogP contribution < -0.4 is 0 Å². The first-order valence-corrected chi connectivity index (χ1v) is 14.2. The molecule has 4 rings (SSSR count). The molecule has 10 nitrogen and oxygen atoms in total. The molecule has 0 aliphatic carbocycles. The Morgan fingerprint density at radius 2 is 1.82 bits per heavy atom. The number of aliphatic hydroxyl groups is 1. The highest BCUT2D eigenvalue weighted by Gasteiger charge is 2.78. The maximum Gasteiger partial charge on any atom is 0.248 e. The van der Waals surface area contributed by atoms with Gasteiger partial charge in [0, 0.05) is 46.3 Å². The highest BCUT2D eigenvalue weighted by molar-refractivity contribution is 5.99. The third-order valence-electron chi connectivity index (χ3n) is 9.26. The van der Waals surface area contributed by atoms with Crippen molar-refractivity contribution in [3.8, 4) is 0 Å². The van der Waals surface area contributed by atoms with E-state index in [1.165, 1.54) is 0 Å². The summed E-state index contributed by atoms with van der Waals surface area (Å²) < 4.78 is 12.2. The summed E-state index contributed by atoms with van der Waals surface area (Å²) >= 11 is 0. The largest absolute Gasteiger partial charge is 0.394 e. The lowest BCUT2D eigenvalue weighted by atomic mass is 9.66. The predicted molar refractivity (Wildman–Crippen MR) is 147 cm³/mol. The van der Waals surface area contributed by atoms with Crippen molar-refractivity contribution in [2.75, 3.05) is 66.1 Å². The van der Waals surface area contributed by atoms with Crippen LogP contribution in [0, 0.1) is 17.8 Å². The molecule has 2 bridgehead atoms. The minimum Gasteiger partial charge on any atom is -0.394 e. The first-order chi connectivity index (χ1) is 18.6. The molecule has 4 aliphatic rings. The number of aliphatic hydroxyl groups excluding tert-OH is 1. The Morgan fingerprint density at radius 1 is 1.15 bits per heavy atom. The van der Waals surface area contributed by atoms with Gasteiger partial charge < -0.3 is 29.3 Å². The number of hydrogen-bond acceptors (Lipinski definition) is 7. The number of ether oxygens (including phenoxy) is 2. The molecule has 10 heteroatoms. The third-order valence-corrected chi connectivity index (χ3v) is 9.26. The van der Waals surface area contributed by atoms with Gasteiger partial charge >= 0.3 is 0 Å². The molecule has 218 valence electrons.